The van der Waals surface area contributed by atoms with E-state index >= 15 is 0 Å². The van der Waals surface area contributed by atoms with Crippen molar-refractivity contribution in [3.05, 3.63) is 47.4 Å². The van der Waals surface area contributed by atoms with Gasteiger partial charge < -0.3 is 14.8 Å². The quantitative estimate of drug-likeness (QED) is 0.540. The minimum atomic E-state index is -0.712. The molecule has 1 aliphatic heterocycles. The summed E-state index contributed by atoms with van der Waals surface area (Å²) in [7, 11) is 1.63. The highest BCUT2D eigenvalue weighted by molar-refractivity contribution is 6.30. The van der Waals surface area contributed by atoms with Crippen LogP contribution in [0.25, 0.3) is 11.4 Å². The second-order valence-corrected chi connectivity index (χ2v) is 7.48. The van der Waals surface area contributed by atoms with Gasteiger partial charge in [-0.25, -0.2) is 14.5 Å². The first-order valence-corrected chi connectivity index (χ1v) is 10.1. The van der Waals surface area contributed by atoms with Gasteiger partial charge in [-0.3, -0.25) is 15.1 Å². The van der Waals surface area contributed by atoms with Crippen molar-refractivity contribution in [2.24, 2.45) is 13.0 Å². The Bertz CT molecular complexity index is 1130. The first-order chi connectivity index (χ1) is 15.4. The fraction of sp³-hybridized carbons (Fsp3) is 0.300. The summed E-state index contributed by atoms with van der Waals surface area (Å²) in [5.74, 6) is 0.0500. The van der Waals surface area contributed by atoms with Crippen LogP contribution in [0.2, 0.25) is 5.15 Å². The summed E-state index contributed by atoms with van der Waals surface area (Å²) < 4.78 is 11.8. The van der Waals surface area contributed by atoms with Crippen LogP contribution in [0.3, 0.4) is 0 Å². The molecular formula is C20H20ClN7O4. The number of hydrogen-bond acceptors (Lipinski definition) is 8. The molecule has 1 atom stereocenters. The Labute approximate surface area is 188 Å². The topological polar surface area (TPSA) is 133 Å². The monoisotopic (exact) mass is 457 g/mol. The Morgan fingerprint density at radius 2 is 2.06 bits per heavy atom. The van der Waals surface area contributed by atoms with Crippen molar-refractivity contribution in [3.8, 4) is 11.4 Å². The Hall–Kier alpha value is -3.57. The number of rotatable bonds is 6. The molecule has 1 fully saturated rings. The molecule has 0 spiro atoms. The van der Waals surface area contributed by atoms with Crippen molar-refractivity contribution < 1.29 is 19.1 Å². The number of carbonyl (C=O) groups is 2. The number of halogens is 1. The van der Waals surface area contributed by atoms with Crippen molar-refractivity contribution >= 4 is 35.1 Å². The van der Waals surface area contributed by atoms with Crippen LogP contribution in [0.4, 0.5) is 16.3 Å². The predicted molar refractivity (Wildman–Crippen MR) is 115 cm³/mol. The lowest BCUT2D eigenvalue weighted by Gasteiger charge is -2.24. The lowest BCUT2D eigenvalue weighted by atomic mass is 10.1. The molecule has 1 saturated heterocycles. The summed E-state index contributed by atoms with van der Waals surface area (Å²) >= 11 is 6.06. The van der Waals surface area contributed by atoms with Crippen molar-refractivity contribution in [2.45, 2.75) is 13.0 Å². The molecule has 12 heteroatoms. The largest absolute Gasteiger partial charge is 0.441 e. The first-order valence-electron chi connectivity index (χ1n) is 9.75. The van der Waals surface area contributed by atoms with Gasteiger partial charge in [0.1, 0.15) is 11.3 Å². The molecule has 0 radical (unpaired) electrons. The Balaban J connectivity index is 1.44. The van der Waals surface area contributed by atoms with Crippen LogP contribution in [0.5, 0.6) is 0 Å². The van der Waals surface area contributed by atoms with Gasteiger partial charge in [0.2, 0.25) is 5.91 Å². The first kappa shape index (κ1) is 21.7. The predicted octanol–water partition coefficient (Wildman–Crippen LogP) is 2.82. The molecular weight excluding hydrogens is 438 g/mol. The number of pyridine rings is 2. The number of aromatic nitrogens is 5. The standard InChI is InChI=1S/C20H20ClN7O4/c1-11(14-4-3-7-22-17(14)21)32-20(30)25-18-16(26-27-28(18)2)15-6-5-13(8-23-15)24-19(29)12-9-31-10-12/h3-8,11-12H,9-10H2,1-2H3,(H,24,29)(H,25,30)/t11-/m1/s1. The van der Waals surface area contributed by atoms with Crippen molar-refractivity contribution in [3.63, 3.8) is 0 Å². The molecule has 0 saturated carbocycles. The van der Waals surface area contributed by atoms with Crippen LogP contribution in [-0.4, -0.2) is 50.2 Å². The molecule has 11 nitrogen and oxygen atoms in total. The molecule has 32 heavy (non-hydrogen) atoms. The lowest BCUT2D eigenvalue weighted by molar-refractivity contribution is -0.133. The highest BCUT2D eigenvalue weighted by atomic mass is 35.5. The highest BCUT2D eigenvalue weighted by Gasteiger charge is 2.26. The minimum absolute atomic E-state index is 0.113. The van der Waals surface area contributed by atoms with Crippen molar-refractivity contribution in [1.82, 2.24) is 25.0 Å². The fourth-order valence-corrected chi connectivity index (χ4v) is 3.23. The average molecular weight is 458 g/mol. The lowest BCUT2D eigenvalue weighted by Crippen LogP contribution is -2.38. The summed E-state index contributed by atoms with van der Waals surface area (Å²) in [6.45, 7) is 2.54. The third-order valence-electron chi connectivity index (χ3n) is 4.84. The molecule has 166 valence electrons. The number of nitrogens with one attached hydrogen (secondary N) is 2. The van der Waals surface area contributed by atoms with Gasteiger partial charge in [0.25, 0.3) is 0 Å². The molecule has 1 aliphatic rings. The summed E-state index contributed by atoms with van der Waals surface area (Å²) in [6, 6.07) is 6.81. The Morgan fingerprint density at radius 1 is 1.25 bits per heavy atom. The molecule has 0 bridgehead atoms. The van der Waals surface area contributed by atoms with E-state index in [4.69, 9.17) is 21.1 Å². The van der Waals surface area contributed by atoms with E-state index in [1.54, 1.807) is 44.4 Å². The van der Waals surface area contributed by atoms with Gasteiger partial charge in [-0.2, -0.15) is 0 Å². The third-order valence-corrected chi connectivity index (χ3v) is 5.16. The van der Waals surface area contributed by atoms with Gasteiger partial charge in [0, 0.05) is 18.8 Å². The van der Waals surface area contributed by atoms with Crippen LogP contribution in [0.1, 0.15) is 18.6 Å². The van der Waals surface area contributed by atoms with Gasteiger partial charge in [-0.05, 0) is 25.1 Å². The zero-order valence-electron chi connectivity index (χ0n) is 17.3. The summed E-state index contributed by atoms with van der Waals surface area (Å²) in [5.41, 5.74) is 1.94. The molecule has 0 aliphatic carbocycles. The normalized spacial score (nSPS) is 14.3. The van der Waals surface area contributed by atoms with Gasteiger partial charge in [-0.15, -0.1) is 5.10 Å². The van der Waals surface area contributed by atoms with Gasteiger partial charge in [-0.1, -0.05) is 22.9 Å². The molecule has 0 aromatic carbocycles. The van der Waals surface area contributed by atoms with Gasteiger partial charge >= 0.3 is 6.09 Å². The zero-order valence-corrected chi connectivity index (χ0v) is 18.0. The molecule has 2 N–H and O–H groups in total. The van der Waals surface area contributed by atoms with E-state index in [2.05, 4.69) is 30.9 Å². The van der Waals surface area contributed by atoms with Gasteiger partial charge in [0.15, 0.2) is 11.5 Å². The molecule has 2 amide bonds. The number of amides is 2. The zero-order chi connectivity index (χ0) is 22.7. The Morgan fingerprint density at radius 3 is 2.72 bits per heavy atom. The van der Waals surface area contributed by atoms with Crippen LogP contribution in [-0.2, 0) is 21.3 Å². The van der Waals surface area contributed by atoms with Crippen LogP contribution >= 0.6 is 11.6 Å². The summed E-state index contributed by atoms with van der Waals surface area (Å²) in [4.78, 5) is 32.8. The molecule has 4 heterocycles. The number of nitrogens with zero attached hydrogens (tertiary/aromatic N) is 5. The highest BCUT2D eigenvalue weighted by Crippen LogP contribution is 2.27. The van der Waals surface area contributed by atoms with E-state index in [1.165, 1.54) is 10.9 Å². The number of anilines is 2. The number of hydrogen-bond donors (Lipinski definition) is 2. The SMILES string of the molecule is C[C@@H](OC(=O)Nc1c(-c2ccc(NC(=O)C3COC3)cn2)nnn1C)c1cccnc1Cl. The number of aryl methyl sites for hydroxylation is 1. The van der Waals surface area contributed by atoms with E-state index in [1.807, 2.05) is 0 Å². The van der Waals surface area contributed by atoms with Crippen LogP contribution < -0.4 is 10.6 Å². The van der Waals surface area contributed by atoms with E-state index in [9.17, 15) is 9.59 Å². The van der Waals surface area contributed by atoms with Gasteiger partial charge in [0.05, 0.1) is 36.7 Å². The van der Waals surface area contributed by atoms with Crippen molar-refractivity contribution in [1.29, 1.82) is 0 Å². The second-order valence-electron chi connectivity index (χ2n) is 7.12. The van der Waals surface area contributed by atoms with E-state index in [0.29, 0.717) is 41.7 Å². The molecule has 0 unspecified atom stereocenters. The minimum Gasteiger partial charge on any atom is -0.441 e. The maximum atomic E-state index is 12.5. The third kappa shape index (κ3) is 4.68. The van der Waals surface area contributed by atoms with E-state index in [0.717, 1.165) is 0 Å². The maximum absolute atomic E-state index is 12.5. The van der Waals surface area contributed by atoms with Crippen LogP contribution in [0.15, 0.2) is 36.7 Å². The molecule has 3 aromatic heterocycles. The smallest absolute Gasteiger partial charge is 0.413 e. The maximum Gasteiger partial charge on any atom is 0.413 e. The average Bonchev–Trinajstić information content (AvgIpc) is 3.07. The second kappa shape index (κ2) is 9.28. The fourth-order valence-electron chi connectivity index (χ4n) is 2.96. The molecule has 3 aromatic rings. The number of ether oxygens (including phenoxy) is 2. The van der Waals surface area contributed by atoms with Crippen molar-refractivity contribution in [2.75, 3.05) is 23.8 Å². The summed E-state index contributed by atoms with van der Waals surface area (Å²) in [5, 5.41) is 13.7. The summed E-state index contributed by atoms with van der Waals surface area (Å²) in [6.07, 6.45) is 1.73. The number of carbonyl (C=O) groups excluding carboxylic acids is 2. The van der Waals surface area contributed by atoms with E-state index in [-0.39, 0.29) is 17.0 Å². The van der Waals surface area contributed by atoms with Crippen LogP contribution in [0, 0.1) is 5.92 Å². The Kier molecular flexibility index (Phi) is 6.28. The van der Waals surface area contributed by atoms with E-state index < -0.39 is 12.2 Å². The molecule has 4 rings (SSSR count).